The summed E-state index contributed by atoms with van der Waals surface area (Å²) in [5.74, 6) is 3.88. The standard InChI is InChI=1S/C16H26O2/c17-15-6-3-11(4-7-15)12-1-2-14-10-16(18)8-5-13(14)9-12/h11-14,16,18H,1-10H2. The van der Waals surface area contributed by atoms with E-state index < -0.39 is 0 Å². The largest absolute Gasteiger partial charge is 0.393 e. The number of Topliss-reactive ketones (excluding diaryl/α,β-unsaturated/α-hetero) is 1. The Morgan fingerprint density at radius 1 is 0.722 bits per heavy atom. The van der Waals surface area contributed by atoms with Crippen molar-refractivity contribution in [2.24, 2.45) is 23.7 Å². The summed E-state index contributed by atoms with van der Waals surface area (Å²) >= 11 is 0. The molecule has 0 aliphatic heterocycles. The van der Waals surface area contributed by atoms with Crippen LogP contribution in [0, 0.1) is 23.7 Å². The Bertz CT molecular complexity index is 302. The topological polar surface area (TPSA) is 37.3 Å². The minimum absolute atomic E-state index is 0.0184. The van der Waals surface area contributed by atoms with Crippen LogP contribution in [0.5, 0.6) is 0 Å². The van der Waals surface area contributed by atoms with Crippen molar-refractivity contribution in [2.75, 3.05) is 0 Å². The highest BCUT2D eigenvalue weighted by Gasteiger charge is 2.38. The Kier molecular flexibility index (Phi) is 3.74. The quantitative estimate of drug-likeness (QED) is 0.775. The first kappa shape index (κ1) is 12.7. The van der Waals surface area contributed by atoms with Crippen molar-refractivity contribution in [3.8, 4) is 0 Å². The van der Waals surface area contributed by atoms with Gasteiger partial charge in [-0.2, -0.15) is 0 Å². The Hall–Kier alpha value is -0.370. The third-order valence-corrected chi connectivity index (χ3v) is 5.88. The van der Waals surface area contributed by atoms with Gasteiger partial charge in [0, 0.05) is 12.8 Å². The Balaban J connectivity index is 1.55. The second-order valence-corrected chi connectivity index (χ2v) is 6.94. The number of carbonyl (C=O) groups is 1. The molecule has 0 aromatic rings. The molecule has 0 amide bonds. The predicted octanol–water partition coefficient (Wildman–Crippen LogP) is 3.32. The number of hydrogen-bond donors (Lipinski definition) is 1. The molecule has 0 aromatic heterocycles. The van der Waals surface area contributed by atoms with Gasteiger partial charge in [-0.3, -0.25) is 4.79 Å². The summed E-state index contributed by atoms with van der Waals surface area (Å²) in [6.07, 6.45) is 11.4. The molecule has 0 spiro atoms. The third-order valence-electron chi connectivity index (χ3n) is 5.88. The first-order valence-corrected chi connectivity index (χ1v) is 7.92. The summed E-state index contributed by atoms with van der Waals surface area (Å²) < 4.78 is 0. The fourth-order valence-electron chi connectivity index (χ4n) is 4.76. The van der Waals surface area contributed by atoms with Crippen LogP contribution < -0.4 is 0 Å². The van der Waals surface area contributed by atoms with Gasteiger partial charge in [-0.25, -0.2) is 0 Å². The van der Waals surface area contributed by atoms with Crippen LogP contribution in [0.1, 0.15) is 64.2 Å². The first-order chi connectivity index (χ1) is 8.72. The molecule has 3 fully saturated rings. The molecule has 0 bridgehead atoms. The molecule has 4 atom stereocenters. The van der Waals surface area contributed by atoms with Crippen LogP contribution in [0.4, 0.5) is 0 Å². The number of ketones is 1. The highest BCUT2D eigenvalue weighted by atomic mass is 16.3. The van der Waals surface area contributed by atoms with Crippen molar-refractivity contribution >= 4 is 5.78 Å². The zero-order chi connectivity index (χ0) is 12.5. The van der Waals surface area contributed by atoms with Crippen LogP contribution in [0.2, 0.25) is 0 Å². The molecule has 3 rings (SSSR count). The van der Waals surface area contributed by atoms with Gasteiger partial charge in [0.25, 0.3) is 0 Å². The van der Waals surface area contributed by atoms with Crippen LogP contribution in [0.3, 0.4) is 0 Å². The molecule has 102 valence electrons. The van der Waals surface area contributed by atoms with Gasteiger partial charge < -0.3 is 5.11 Å². The van der Waals surface area contributed by atoms with E-state index >= 15 is 0 Å². The minimum Gasteiger partial charge on any atom is -0.393 e. The van der Waals surface area contributed by atoms with Crippen LogP contribution in [-0.2, 0) is 4.79 Å². The summed E-state index contributed by atoms with van der Waals surface area (Å²) in [6.45, 7) is 0. The van der Waals surface area contributed by atoms with Gasteiger partial charge in [0.15, 0.2) is 0 Å². The van der Waals surface area contributed by atoms with E-state index in [1.54, 1.807) is 0 Å². The van der Waals surface area contributed by atoms with Gasteiger partial charge in [-0.1, -0.05) is 0 Å². The van der Waals surface area contributed by atoms with E-state index in [1.165, 1.54) is 25.7 Å². The van der Waals surface area contributed by atoms with Crippen LogP contribution >= 0.6 is 0 Å². The number of carbonyl (C=O) groups excluding carboxylic acids is 1. The molecule has 0 radical (unpaired) electrons. The summed E-state index contributed by atoms with van der Waals surface area (Å²) in [6, 6.07) is 0. The van der Waals surface area contributed by atoms with E-state index in [9.17, 15) is 9.90 Å². The number of hydrogen-bond acceptors (Lipinski definition) is 2. The SMILES string of the molecule is O=C1CCC(C2CCC3CC(O)CCC3C2)CC1. The van der Waals surface area contributed by atoms with Crippen LogP contribution in [-0.4, -0.2) is 17.0 Å². The second-order valence-electron chi connectivity index (χ2n) is 6.94. The fourth-order valence-corrected chi connectivity index (χ4v) is 4.76. The molecule has 0 aromatic carbocycles. The van der Waals surface area contributed by atoms with E-state index in [0.29, 0.717) is 5.78 Å². The zero-order valence-electron chi connectivity index (χ0n) is 11.3. The molecule has 4 unspecified atom stereocenters. The maximum atomic E-state index is 11.3. The van der Waals surface area contributed by atoms with Crippen molar-refractivity contribution in [1.82, 2.24) is 0 Å². The highest BCUT2D eigenvalue weighted by molar-refractivity contribution is 5.79. The van der Waals surface area contributed by atoms with Gasteiger partial charge in [0.2, 0.25) is 0 Å². The third kappa shape index (κ3) is 2.64. The molecule has 0 saturated heterocycles. The number of aliphatic hydroxyl groups excluding tert-OH is 1. The number of fused-ring (bicyclic) bond motifs is 1. The van der Waals surface area contributed by atoms with E-state index in [2.05, 4.69) is 0 Å². The molecule has 18 heavy (non-hydrogen) atoms. The summed E-state index contributed by atoms with van der Waals surface area (Å²) in [4.78, 5) is 11.3. The lowest BCUT2D eigenvalue weighted by atomic mass is 9.62. The van der Waals surface area contributed by atoms with E-state index in [4.69, 9.17) is 0 Å². The average Bonchev–Trinajstić information content (AvgIpc) is 2.39. The fraction of sp³-hybridized carbons (Fsp3) is 0.938. The van der Waals surface area contributed by atoms with E-state index in [0.717, 1.165) is 62.2 Å². The first-order valence-electron chi connectivity index (χ1n) is 7.92. The van der Waals surface area contributed by atoms with Crippen molar-refractivity contribution in [3.63, 3.8) is 0 Å². The second kappa shape index (κ2) is 5.32. The Labute approximate surface area is 110 Å². The molecule has 3 saturated carbocycles. The van der Waals surface area contributed by atoms with Gasteiger partial charge >= 0.3 is 0 Å². The molecular formula is C16H26O2. The molecule has 3 aliphatic carbocycles. The van der Waals surface area contributed by atoms with Crippen LogP contribution in [0.15, 0.2) is 0 Å². The minimum atomic E-state index is -0.0184. The maximum Gasteiger partial charge on any atom is 0.132 e. The summed E-state index contributed by atoms with van der Waals surface area (Å²) in [5, 5.41) is 9.75. The van der Waals surface area contributed by atoms with Crippen molar-refractivity contribution in [2.45, 2.75) is 70.3 Å². The monoisotopic (exact) mass is 250 g/mol. The molecule has 3 aliphatic rings. The summed E-state index contributed by atoms with van der Waals surface area (Å²) in [5.41, 5.74) is 0. The Morgan fingerprint density at radius 2 is 1.28 bits per heavy atom. The van der Waals surface area contributed by atoms with Gasteiger partial charge in [-0.05, 0) is 75.0 Å². The lowest BCUT2D eigenvalue weighted by Gasteiger charge is -2.43. The lowest BCUT2D eigenvalue weighted by molar-refractivity contribution is -0.121. The maximum absolute atomic E-state index is 11.3. The predicted molar refractivity (Wildman–Crippen MR) is 71.1 cm³/mol. The van der Waals surface area contributed by atoms with E-state index in [1.807, 2.05) is 0 Å². The van der Waals surface area contributed by atoms with Gasteiger partial charge in [0.1, 0.15) is 5.78 Å². The highest BCUT2D eigenvalue weighted by Crippen LogP contribution is 2.47. The molecule has 2 nitrogen and oxygen atoms in total. The number of aliphatic hydroxyl groups is 1. The summed E-state index contributed by atoms with van der Waals surface area (Å²) in [7, 11) is 0. The molecule has 1 N–H and O–H groups in total. The smallest absolute Gasteiger partial charge is 0.132 e. The van der Waals surface area contributed by atoms with Crippen molar-refractivity contribution < 1.29 is 9.90 Å². The molecule has 2 heteroatoms. The van der Waals surface area contributed by atoms with Crippen molar-refractivity contribution in [3.05, 3.63) is 0 Å². The molecular weight excluding hydrogens is 224 g/mol. The molecule has 0 heterocycles. The van der Waals surface area contributed by atoms with Crippen LogP contribution in [0.25, 0.3) is 0 Å². The Morgan fingerprint density at radius 3 is 2.00 bits per heavy atom. The van der Waals surface area contributed by atoms with Crippen molar-refractivity contribution in [1.29, 1.82) is 0 Å². The van der Waals surface area contributed by atoms with Gasteiger partial charge in [0.05, 0.1) is 6.10 Å². The lowest BCUT2D eigenvalue weighted by Crippen LogP contribution is -2.35. The normalized spacial score (nSPS) is 42.6. The van der Waals surface area contributed by atoms with Gasteiger partial charge in [-0.15, -0.1) is 0 Å². The van der Waals surface area contributed by atoms with E-state index in [-0.39, 0.29) is 6.10 Å². The average molecular weight is 250 g/mol. The number of rotatable bonds is 1. The zero-order valence-corrected chi connectivity index (χ0v) is 11.3.